The van der Waals surface area contributed by atoms with Gasteiger partial charge in [-0.2, -0.15) is 4.80 Å². The van der Waals surface area contributed by atoms with E-state index < -0.39 is 0 Å². The fourth-order valence-electron chi connectivity index (χ4n) is 1.80. The van der Waals surface area contributed by atoms with Crippen molar-refractivity contribution in [3.05, 3.63) is 11.4 Å². The fraction of sp³-hybridized carbons (Fsp3) is 0.667. The van der Waals surface area contributed by atoms with Gasteiger partial charge in [-0.25, -0.2) is 0 Å². The summed E-state index contributed by atoms with van der Waals surface area (Å²) in [7, 11) is 1.77. The predicted molar refractivity (Wildman–Crippen MR) is 53.2 cm³/mol. The smallest absolute Gasteiger partial charge is 0.197 e. The molecule has 0 aliphatic heterocycles. The van der Waals surface area contributed by atoms with Gasteiger partial charge in [0.15, 0.2) is 5.82 Å². The first-order valence-corrected chi connectivity index (χ1v) is 4.93. The maximum Gasteiger partial charge on any atom is 0.197 e. The van der Waals surface area contributed by atoms with Crippen molar-refractivity contribution in [1.82, 2.24) is 20.2 Å². The average Bonchev–Trinajstić information content (AvgIpc) is 2.51. The number of aromatic nitrogens is 4. The third-order valence-electron chi connectivity index (χ3n) is 2.45. The van der Waals surface area contributed by atoms with Crippen LogP contribution < -0.4 is 5.73 Å². The van der Waals surface area contributed by atoms with Crippen LogP contribution in [0.5, 0.6) is 0 Å². The van der Waals surface area contributed by atoms with Gasteiger partial charge in [-0.05, 0) is 37.0 Å². The molecule has 1 saturated carbocycles. The van der Waals surface area contributed by atoms with E-state index in [2.05, 4.69) is 15.4 Å². The molecule has 1 fully saturated rings. The molecule has 76 valence electrons. The third-order valence-corrected chi connectivity index (χ3v) is 2.45. The molecule has 5 nitrogen and oxygen atoms in total. The molecule has 0 spiro atoms. The molecule has 0 aromatic carbocycles. The Labute approximate surface area is 83.0 Å². The molecule has 0 saturated heterocycles. The van der Waals surface area contributed by atoms with Crippen LogP contribution in [-0.4, -0.2) is 26.2 Å². The number of tetrazole rings is 1. The lowest BCUT2D eigenvalue weighted by Gasteiger charge is -2.19. The molecule has 1 unspecified atom stereocenters. The number of nitrogens with two attached hydrogens (primary N) is 1. The highest BCUT2D eigenvalue weighted by Gasteiger charge is 2.13. The van der Waals surface area contributed by atoms with Crippen LogP contribution in [0.3, 0.4) is 0 Å². The summed E-state index contributed by atoms with van der Waals surface area (Å²) < 4.78 is 0. The van der Waals surface area contributed by atoms with Crippen molar-refractivity contribution >= 4 is 6.08 Å². The standard InChI is InChI=1S/C9H15N5/c1-14-12-9(11-13-14)6-7-3-2-4-8(10)5-7/h6,8H,2-5,10H2,1H3/b7-6-. The molecule has 1 aliphatic rings. The Kier molecular flexibility index (Phi) is 2.58. The third kappa shape index (κ3) is 2.17. The Morgan fingerprint density at radius 2 is 2.43 bits per heavy atom. The minimum Gasteiger partial charge on any atom is -0.327 e. The topological polar surface area (TPSA) is 69.6 Å². The zero-order valence-corrected chi connectivity index (χ0v) is 8.35. The highest BCUT2D eigenvalue weighted by molar-refractivity contribution is 5.44. The second-order valence-electron chi connectivity index (χ2n) is 3.80. The normalized spacial score (nSPS) is 25.6. The number of hydrogen-bond donors (Lipinski definition) is 1. The fourth-order valence-corrected chi connectivity index (χ4v) is 1.80. The van der Waals surface area contributed by atoms with Crippen molar-refractivity contribution in [3.8, 4) is 0 Å². The molecule has 2 N–H and O–H groups in total. The number of rotatable bonds is 1. The zero-order chi connectivity index (χ0) is 9.97. The number of aryl methyl sites for hydroxylation is 1. The Hall–Kier alpha value is -1.23. The van der Waals surface area contributed by atoms with Crippen molar-refractivity contribution < 1.29 is 0 Å². The van der Waals surface area contributed by atoms with Gasteiger partial charge < -0.3 is 5.73 Å². The molecule has 0 bridgehead atoms. The van der Waals surface area contributed by atoms with Crippen molar-refractivity contribution in [2.24, 2.45) is 12.8 Å². The number of nitrogens with zero attached hydrogens (tertiary/aromatic N) is 4. The molecule has 0 radical (unpaired) electrons. The Morgan fingerprint density at radius 3 is 3.07 bits per heavy atom. The quantitative estimate of drug-likeness (QED) is 0.705. The first-order valence-electron chi connectivity index (χ1n) is 4.93. The molecular weight excluding hydrogens is 178 g/mol. The van der Waals surface area contributed by atoms with Crippen molar-refractivity contribution in [1.29, 1.82) is 0 Å². The van der Waals surface area contributed by atoms with E-state index >= 15 is 0 Å². The Bertz CT molecular complexity index is 341. The van der Waals surface area contributed by atoms with Gasteiger partial charge in [-0.15, -0.1) is 10.2 Å². The molecule has 1 heterocycles. The van der Waals surface area contributed by atoms with E-state index in [1.54, 1.807) is 7.05 Å². The van der Waals surface area contributed by atoms with E-state index in [0.717, 1.165) is 19.3 Å². The largest absolute Gasteiger partial charge is 0.327 e. The molecule has 0 amide bonds. The summed E-state index contributed by atoms with van der Waals surface area (Å²) in [5.74, 6) is 0.691. The molecule has 2 rings (SSSR count). The molecule has 14 heavy (non-hydrogen) atoms. The average molecular weight is 193 g/mol. The molecule has 1 aliphatic carbocycles. The lowest BCUT2D eigenvalue weighted by molar-refractivity contribution is 0.520. The maximum atomic E-state index is 5.88. The van der Waals surface area contributed by atoms with E-state index in [4.69, 9.17) is 5.73 Å². The van der Waals surface area contributed by atoms with Crippen LogP contribution in [0.2, 0.25) is 0 Å². The number of hydrogen-bond acceptors (Lipinski definition) is 4. The van der Waals surface area contributed by atoms with Crippen LogP contribution in [0.1, 0.15) is 31.5 Å². The van der Waals surface area contributed by atoms with Crippen molar-refractivity contribution in [2.45, 2.75) is 31.7 Å². The first kappa shape index (κ1) is 9.33. The van der Waals surface area contributed by atoms with Crippen LogP contribution in [-0.2, 0) is 7.05 Å². The van der Waals surface area contributed by atoms with Gasteiger partial charge in [0.1, 0.15) is 0 Å². The van der Waals surface area contributed by atoms with Crippen LogP contribution in [0.25, 0.3) is 6.08 Å². The highest BCUT2D eigenvalue weighted by atomic mass is 15.6. The molecule has 1 aromatic rings. The van der Waals surface area contributed by atoms with Crippen LogP contribution in [0, 0.1) is 0 Å². The second kappa shape index (κ2) is 3.88. The Balaban J connectivity index is 2.09. The SMILES string of the molecule is Cn1nnc(/C=C2/CCCC(N)C2)n1. The minimum absolute atomic E-state index is 0.312. The van der Waals surface area contributed by atoms with Gasteiger partial charge >= 0.3 is 0 Å². The van der Waals surface area contributed by atoms with Gasteiger partial charge in [0.05, 0.1) is 7.05 Å². The van der Waals surface area contributed by atoms with Gasteiger partial charge in [0, 0.05) is 6.04 Å². The van der Waals surface area contributed by atoms with Crippen molar-refractivity contribution in [2.75, 3.05) is 0 Å². The van der Waals surface area contributed by atoms with E-state index in [1.165, 1.54) is 16.8 Å². The van der Waals surface area contributed by atoms with E-state index in [1.807, 2.05) is 6.08 Å². The zero-order valence-electron chi connectivity index (χ0n) is 8.35. The molecular formula is C9H15N5. The van der Waals surface area contributed by atoms with E-state index in [0.29, 0.717) is 11.9 Å². The summed E-state index contributed by atoms with van der Waals surface area (Å²) in [5.41, 5.74) is 7.23. The van der Waals surface area contributed by atoms with E-state index in [9.17, 15) is 0 Å². The summed E-state index contributed by atoms with van der Waals surface area (Å²) >= 11 is 0. The van der Waals surface area contributed by atoms with Crippen molar-refractivity contribution in [3.63, 3.8) is 0 Å². The van der Waals surface area contributed by atoms with Gasteiger partial charge in [0.2, 0.25) is 0 Å². The summed E-state index contributed by atoms with van der Waals surface area (Å²) in [5, 5.41) is 11.8. The first-order chi connectivity index (χ1) is 6.74. The van der Waals surface area contributed by atoms with Crippen LogP contribution in [0.4, 0.5) is 0 Å². The highest BCUT2D eigenvalue weighted by Crippen LogP contribution is 2.23. The second-order valence-corrected chi connectivity index (χ2v) is 3.80. The monoisotopic (exact) mass is 193 g/mol. The van der Waals surface area contributed by atoms with Crippen LogP contribution in [0.15, 0.2) is 5.57 Å². The van der Waals surface area contributed by atoms with Gasteiger partial charge in [-0.1, -0.05) is 5.57 Å². The Morgan fingerprint density at radius 1 is 1.57 bits per heavy atom. The summed E-state index contributed by atoms with van der Waals surface area (Å²) in [6.45, 7) is 0. The molecule has 1 aromatic heterocycles. The summed E-state index contributed by atoms with van der Waals surface area (Å²) in [4.78, 5) is 1.47. The van der Waals surface area contributed by atoms with E-state index in [-0.39, 0.29) is 0 Å². The van der Waals surface area contributed by atoms with Crippen LogP contribution >= 0.6 is 0 Å². The lowest BCUT2D eigenvalue weighted by atomic mass is 9.91. The molecule has 1 atom stereocenters. The lowest BCUT2D eigenvalue weighted by Crippen LogP contribution is -2.23. The predicted octanol–water partition coefficient (Wildman–Crippen LogP) is 0.495. The molecule has 5 heteroatoms. The summed E-state index contributed by atoms with van der Waals surface area (Å²) in [6.07, 6.45) is 6.40. The van der Waals surface area contributed by atoms with Gasteiger partial charge in [-0.3, -0.25) is 0 Å². The van der Waals surface area contributed by atoms with Gasteiger partial charge in [0.25, 0.3) is 0 Å². The minimum atomic E-state index is 0.312. The maximum absolute atomic E-state index is 5.88. The summed E-state index contributed by atoms with van der Waals surface area (Å²) in [6, 6.07) is 0.312.